The zero-order chi connectivity index (χ0) is 55.4. The Morgan fingerprint density at radius 1 is 0.282 bits per heavy atom. The van der Waals surface area contributed by atoms with E-state index in [-0.39, 0.29) is 0 Å². The molecule has 0 heterocycles. The summed E-state index contributed by atoms with van der Waals surface area (Å²) < 4.78 is 0. The highest BCUT2D eigenvalue weighted by atomic mass is 15.2. The molecule has 2 nitrogen and oxygen atoms in total. The Kier molecular flexibility index (Phi) is 14.7. The van der Waals surface area contributed by atoms with Gasteiger partial charge in [0.25, 0.3) is 0 Å². The predicted octanol–water partition coefficient (Wildman–Crippen LogP) is 21.5. The van der Waals surface area contributed by atoms with E-state index in [1.54, 1.807) is 0 Å². The third-order valence-electron chi connectivity index (χ3n) is 16.7. The SMILES string of the molecule is Cc1ccc(-c2ccc(N(C3=CC(C)C(c4ccc(C)cc4C)C=C3)c3cc(C)c(-c4c(C)cc(N(c5ccc(-c6ccc(C)cc6C)c(C)c5)c5ccc(-c6ccc(C)cc6C)c(C)c5)cc4C)c(C)c3)cc2C)c(C)c1. The number of anilines is 5. The Bertz CT molecular complexity index is 3750. The fourth-order valence-corrected chi connectivity index (χ4v) is 13.0. The Labute approximate surface area is 467 Å². The van der Waals surface area contributed by atoms with Gasteiger partial charge >= 0.3 is 0 Å². The summed E-state index contributed by atoms with van der Waals surface area (Å²) in [5.74, 6) is 0.603. The Morgan fingerprint density at radius 3 is 0.910 bits per heavy atom. The lowest BCUT2D eigenvalue weighted by Gasteiger charge is -2.33. The smallest absolute Gasteiger partial charge is 0.0467 e. The van der Waals surface area contributed by atoms with Gasteiger partial charge in [0, 0.05) is 40.1 Å². The van der Waals surface area contributed by atoms with Crippen molar-refractivity contribution in [2.24, 2.45) is 5.92 Å². The maximum Gasteiger partial charge on any atom is 0.0467 e. The van der Waals surface area contributed by atoms with E-state index >= 15 is 0 Å². The molecule has 2 heteroatoms. The molecule has 0 saturated heterocycles. The summed E-state index contributed by atoms with van der Waals surface area (Å²) in [5, 5.41) is 0. The molecule has 0 bridgehead atoms. The van der Waals surface area contributed by atoms with Crippen LogP contribution in [0.5, 0.6) is 0 Å². The first-order chi connectivity index (χ1) is 37.2. The normalized spacial score (nSPS) is 14.2. The third-order valence-corrected chi connectivity index (χ3v) is 16.7. The summed E-state index contributed by atoms with van der Waals surface area (Å²) in [4.78, 5) is 4.96. The van der Waals surface area contributed by atoms with Gasteiger partial charge in [-0.25, -0.2) is 0 Å². The van der Waals surface area contributed by atoms with Crippen molar-refractivity contribution < 1.29 is 0 Å². The van der Waals surface area contributed by atoms with Crippen LogP contribution in [0.25, 0.3) is 44.5 Å². The molecule has 1 aliphatic rings. The minimum atomic E-state index is 0.299. The fourth-order valence-electron chi connectivity index (χ4n) is 13.0. The minimum absolute atomic E-state index is 0.299. The second-order valence-corrected chi connectivity index (χ2v) is 23.2. The van der Waals surface area contributed by atoms with Gasteiger partial charge in [0.1, 0.15) is 0 Å². The molecule has 0 fully saturated rings. The lowest BCUT2D eigenvalue weighted by Crippen LogP contribution is -2.21. The van der Waals surface area contributed by atoms with E-state index in [9.17, 15) is 0 Å². The van der Waals surface area contributed by atoms with Gasteiger partial charge in [-0.15, -0.1) is 0 Å². The summed E-state index contributed by atoms with van der Waals surface area (Å²) in [6.45, 7) is 36.0. The second-order valence-electron chi connectivity index (χ2n) is 23.2. The number of rotatable bonds is 11. The largest absolute Gasteiger partial charge is 0.311 e. The number of aryl methyl sites for hydroxylation is 15. The van der Waals surface area contributed by atoms with Gasteiger partial charge < -0.3 is 9.80 Å². The van der Waals surface area contributed by atoms with E-state index in [4.69, 9.17) is 0 Å². The lowest BCUT2D eigenvalue weighted by molar-refractivity contribution is 0.625. The average molecular weight is 1020 g/mol. The van der Waals surface area contributed by atoms with Gasteiger partial charge in [-0.1, -0.05) is 132 Å². The van der Waals surface area contributed by atoms with E-state index in [1.807, 2.05) is 0 Å². The maximum absolute atomic E-state index is 2.50. The first-order valence-electron chi connectivity index (χ1n) is 28.1. The van der Waals surface area contributed by atoms with Crippen molar-refractivity contribution >= 4 is 28.4 Å². The van der Waals surface area contributed by atoms with E-state index in [0.29, 0.717) is 11.8 Å². The summed E-state index contributed by atoms with van der Waals surface area (Å²) in [7, 11) is 0. The van der Waals surface area contributed by atoms with Gasteiger partial charge in [0.15, 0.2) is 0 Å². The second kappa shape index (κ2) is 21.5. The number of nitrogens with zero attached hydrogens (tertiary/aromatic N) is 2. The molecule has 0 saturated carbocycles. The molecule has 0 radical (unpaired) electrons. The number of hydrogen-bond donors (Lipinski definition) is 0. The highest BCUT2D eigenvalue weighted by Crippen LogP contribution is 2.46. The van der Waals surface area contributed by atoms with Crippen molar-refractivity contribution in [1.29, 1.82) is 0 Å². The van der Waals surface area contributed by atoms with E-state index in [2.05, 4.69) is 290 Å². The molecule has 2 unspecified atom stereocenters. The van der Waals surface area contributed by atoms with Gasteiger partial charge in [0.2, 0.25) is 0 Å². The van der Waals surface area contributed by atoms with E-state index in [0.717, 1.165) is 28.4 Å². The van der Waals surface area contributed by atoms with Gasteiger partial charge in [0.05, 0.1) is 0 Å². The maximum atomic E-state index is 2.50. The quantitative estimate of drug-likeness (QED) is 0.127. The molecule has 0 aromatic heterocycles. The predicted molar refractivity (Wildman–Crippen MR) is 338 cm³/mol. The van der Waals surface area contributed by atoms with Gasteiger partial charge in [-0.3, -0.25) is 0 Å². The van der Waals surface area contributed by atoms with Crippen LogP contribution in [0, 0.1) is 110 Å². The first-order valence-corrected chi connectivity index (χ1v) is 28.1. The first kappa shape index (κ1) is 53.5. The summed E-state index contributed by atoms with van der Waals surface area (Å²) in [6, 6.07) is 58.0. The van der Waals surface area contributed by atoms with Crippen molar-refractivity contribution in [3.8, 4) is 44.5 Å². The van der Waals surface area contributed by atoms with Gasteiger partial charge in [-0.2, -0.15) is 0 Å². The molecule has 0 amide bonds. The molecule has 9 aromatic carbocycles. The zero-order valence-corrected chi connectivity index (χ0v) is 49.2. The van der Waals surface area contributed by atoms with Crippen molar-refractivity contribution in [3.63, 3.8) is 0 Å². The van der Waals surface area contributed by atoms with E-state index < -0.39 is 0 Å². The van der Waals surface area contributed by atoms with Crippen LogP contribution in [-0.4, -0.2) is 0 Å². The highest BCUT2D eigenvalue weighted by molar-refractivity contribution is 5.88. The molecule has 1 aliphatic carbocycles. The van der Waals surface area contributed by atoms with E-state index in [1.165, 1.54) is 139 Å². The Hall–Kier alpha value is -7.94. The van der Waals surface area contributed by atoms with Crippen molar-refractivity contribution in [1.82, 2.24) is 0 Å². The lowest BCUT2D eigenvalue weighted by atomic mass is 9.81. The molecule has 10 rings (SSSR count). The van der Waals surface area contributed by atoms with Crippen molar-refractivity contribution in [2.45, 2.75) is 117 Å². The van der Waals surface area contributed by atoms with Crippen molar-refractivity contribution in [2.75, 3.05) is 9.80 Å². The minimum Gasteiger partial charge on any atom is -0.311 e. The van der Waals surface area contributed by atoms with Crippen LogP contribution in [0.3, 0.4) is 0 Å². The molecule has 78 heavy (non-hydrogen) atoms. The number of benzene rings is 9. The van der Waals surface area contributed by atoms with Crippen LogP contribution in [0.1, 0.15) is 102 Å². The Balaban J connectivity index is 1.07. The summed E-state index contributed by atoms with van der Waals surface area (Å²) in [5.41, 5.74) is 37.8. The number of hydrogen-bond acceptors (Lipinski definition) is 2. The standard InChI is InChI=1S/C76H78N2/c1-45-17-25-67(49(5)33-45)71-29-21-61(37-53(71)9)77(62-22-30-72(54(10)38-62)68-26-18-46(2)34-50(68)6)65-41-57(13)75(58(14)42-65)76-59(15)43-66(44-60(76)16)78(63-23-31-73(55(11)39-63)69-27-19-47(3)35-51(69)7)64-24-32-74(56(12)40-64)70-28-20-48(4)36-52(70)8/h17-44,53,71H,1-16H3. The van der Waals surface area contributed by atoms with Crippen LogP contribution >= 0.6 is 0 Å². The zero-order valence-electron chi connectivity index (χ0n) is 49.2. The van der Waals surface area contributed by atoms with Crippen molar-refractivity contribution in [3.05, 3.63) is 265 Å². The molecule has 2 atom stereocenters. The molecule has 0 spiro atoms. The molecular weight excluding hydrogens is 941 g/mol. The molecule has 0 aliphatic heterocycles. The highest BCUT2D eigenvalue weighted by Gasteiger charge is 2.27. The molecule has 392 valence electrons. The third kappa shape index (κ3) is 10.3. The summed E-state index contributed by atoms with van der Waals surface area (Å²) in [6.07, 6.45) is 7.30. The molecular formula is C76H78N2. The Morgan fingerprint density at radius 2 is 0.577 bits per heavy atom. The number of allylic oxidation sites excluding steroid dienone is 3. The van der Waals surface area contributed by atoms with Crippen LogP contribution in [0.15, 0.2) is 176 Å². The van der Waals surface area contributed by atoms with Crippen LogP contribution in [0.4, 0.5) is 28.4 Å². The van der Waals surface area contributed by atoms with Crippen LogP contribution in [0.2, 0.25) is 0 Å². The monoisotopic (exact) mass is 1020 g/mol. The van der Waals surface area contributed by atoms with Crippen LogP contribution in [-0.2, 0) is 0 Å². The fraction of sp³-hybridized carbons (Fsp3) is 0.237. The summed E-state index contributed by atoms with van der Waals surface area (Å²) >= 11 is 0. The topological polar surface area (TPSA) is 6.48 Å². The van der Waals surface area contributed by atoms with Crippen LogP contribution < -0.4 is 9.80 Å². The average Bonchev–Trinajstić information content (AvgIpc) is 3.57. The van der Waals surface area contributed by atoms with Gasteiger partial charge in [-0.05, 0) is 288 Å². The molecule has 0 N–H and O–H groups in total. The molecule has 9 aromatic rings.